The van der Waals surface area contributed by atoms with E-state index in [0.717, 1.165) is 6.54 Å². The minimum absolute atomic E-state index is 0.430. The molecule has 0 aliphatic rings. The van der Waals surface area contributed by atoms with Crippen molar-refractivity contribution in [1.82, 2.24) is 4.90 Å². The Morgan fingerprint density at radius 3 is 2.53 bits per heavy atom. The van der Waals surface area contributed by atoms with E-state index in [1.54, 1.807) is 0 Å². The maximum atomic E-state index is 8.58. The molecule has 1 aromatic carbocycles. The van der Waals surface area contributed by atoms with E-state index in [1.807, 2.05) is 18.0 Å². The van der Waals surface area contributed by atoms with Crippen molar-refractivity contribution in [2.24, 2.45) is 0 Å². The monoisotopic (exact) mass is 222 g/mol. The van der Waals surface area contributed by atoms with Gasteiger partial charge in [0, 0.05) is 13.1 Å². The normalized spacial score (nSPS) is 12.5. The molecule has 1 aromatic rings. The summed E-state index contributed by atoms with van der Waals surface area (Å²) in [6.45, 7) is 3.48. The van der Waals surface area contributed by atoms with Gasteiger partial charge in [0.2, 0.25) is 0 Å². The molecule has 2 nitrogen and oxygen atoms in total. The summed E-state index contributed by atoms with van der Waals surface area (Å²) in [5.74, 6) is 0. The topological polar surface area (TPSA) is 27.0 Å². The van der Waals surface area contributed by atoms with Crippen LogP contribution in [0.25, 0.3) is 0 Å². The zero-order valence-corrected chi connectivity index (χ0v) is 9.83. The lowest BCUT2D eigenvalue weighted by Crippen LogP contribution is -2.24. The summed E-state index contributed by atoms with van der Waals surface area (Å²) in [7, 11) is 1.96. The van der Waals surface area contributed by atoms with Crippen LogP contribution in [0, 0.1) is 18.3 Å². The highest BCUT2D eigenvalue weighted by Gasteiger charge is 2.07. The van der Waals surface area contributed by atoms with Crippen LogP contribution in [0.3, 0.4) is 0 Å². The third-order valence-electron chi connectivity index (χ3n) is 2.19. The average Bonchev–Trinajstić information content (AvgIpc) is 2.21. The highest BCUT2D eigenvalue weighted by Crippen LogP contribution is 2.07. The highest BCUT2D eigenvalue weighted by molar-refractivity contribution is 6.22. The number of rotatable bonds is 4. The van der Waals surface area contributed by atoms with E-state index in [2.05, 4.69) is 31.2 Å². The van der Waals surface area contributed by atoms with Gasteiger partial charge in [-0.2, -0.15) is 5.26 Å². The number of hydrogen-bond donors (Lipinski definition) is 0. The smallest absolute Gasteiger partial charge is 0.133 e. The lowest BCUT2D eigenvalue weighted by atomic mass is 10.1. The fraction of sp³-hybridized carbons (Fsp3) is 0.417. The second-order valence-electron chi connectivity index (χ2n) is 3.78. The van der Waals surface area contributed by atoms with Gasteiger partial charge in [-0.15, -0.1) is 11.6 Å². The van der Waals surface area contributed by atoms with Gasteiger partial charge in [0.25, 0.3) is 0 Å². The molecule has 1 rings (SSSR count). The molecule has 0 aliphatic heterocycles. The standard InChI is InChI=1S/C12H15ClN2/c1-10-3-5-11(6-4-10)8-15(2)9-12(13)7-14/h3-6,12H,8-9H2,1-2H3. The maximum absolute atomic E-state index is 8.58. The van der Waals surface area contributed by atoms with Gasteiger partial charge in [-0.05, 0) is 19.5 Å². The molecule has 0 aliphatic carbocycles. The molecular formula is C12H15ClN2. The average molecular weight is 223 g/mol. The Hall–Kier alpha value is -1.04. The molecule has 15 heavy (non-hydrogen) atoms. The van der Waals surface area contributed by atoms with Crippen LogP contribution in [-0.2, 0) is 6.54 Å². The number of alkyl halides is 1. The van der Waals surface area contributed by atoms with Crippen molar-refractivity contribution in [2.45, 2.75) is 18.8 Å². The van der Waals surface area contributed by atoms with Crippen molar-refractivity contribution in [3.8, 4) is 6.07 Å². The Morgan fingerprint density at radius 2 is 2.00 bits per heavy atom. The lowest BCUT2D eigenvalue weighted by Gasteiger charge is -2.16. The van der Waals surface area contributed by atoms with Gasteiger partial charge >= 0.3 is 0 Å². The Morgan fingerprint density at radius 1 is 1.40 bits per heavy atom. The number of halogens is 1. The van der Waals surface area contributed by atoms with Crippen LogP contribution in [-0.4, -0.2) is 23.9 Å². The minimum atomic E-state index is -0.430. The van der Waals surface area contributed by atoms with Crippen molar-refractivity contribution in [3.05, 3.63) is 35.4 Å². The molecule has 0 saturated carbocycles. The van der Waals surface area contributed by atoms with Crippen molar-refractivity contribution >= 4 is 11.6 Å². The van der Waals surface area contributed by atoms with Crippen molar-refractivity contribution < 1.29 is 0 Å². The number of nitrogens with zero attached hydrogens (tertiary/aromatic N) is 2. The summed E-state index contributed by atoms with van der Waals surface area (Å²) >= 11 is 5.75. The van der Waals surface area contributed by atoms with Crippen LogP contribution in [0.4, 0.5) is 0 Å². The molecular weight excluding hydrogens is 208 g/mol. The van der Waals surface area contributed by atoms with Crippen LogP contribution in [0.15, 0.2) is 24.3 Å². The van der Waals surface area contributed by atoms with Gasteiger partial charge in [-0.3, -0.25) is 4.90 Å². The molecule has 0 saturated heterocycles. The maximum Gasteiger partial charge on any atom is 0.133 e. The van der Waals surface area contributed by atoms with Crippen molar-refractivity contribution in [3.63, 3.8) is 0 Å². The Kier molecular flexibility index (Phi) is 4.61. The van der Waals surface area contributed by atoms with Crippen LogP contribution in [0.2, 0.25) is 0 Å². The van der Waals surface area contributed by atoms with Crippen LogP contribution >= 0.6 is 11.6 Å². The predicted octanol–water partition coefficient (Wildman–Crippen LogP) is 2.56. The minimum Gasteiger partial charge on any atom is -0.300 e. The van der Waals surface area contributed by atoms with Gasteiger partial charge in [0.05, 0.1) is 6.07 Å². The largest absolute Gasteiger partial charge is 0.300 e. The Bertz CT molecular complexity index is 340. The lowest BCUT2D eigenvalue weighted by molar-refractivity contribution is 0.337. The number of nitriles is 1. The molecule has 3 heteroatoms. The second kappa shape index (κ2) is 5.75. The van der Waals surface area contributed by atoms with E-state index in [9.17, 15) is 0 Å². The number of benzene rings is 1. The van der Waals surface area contributed by atoms with Gasteiger partial charge in [-0.25, -0.2) is 0 Å². The molecule has 0 spiro atoms. The van der Waals surface area contributed by atoms with Gasteiger partial charge in [0.15, 0.2) is 0 Å². The molecule has 1 atom stereocenters. The third-order valence-corrected chi connectivity index (χ3v) is 2.42. The second-order valence-corrected chi connectivity index (χ2v) is 4.31. The highest BCUT2D eigenvalue weighted by atomic mass is 35.5. The molecule has 0 heterocycles. The number of aryl methyl sites for hydroxylation is 1. The van der Waals surface area contributed by atoms with E-state index in [4.69, 9.17) is 16.9 Å². The molecule has 0 radical (unpaired) electrons. The van der Waals surface area contributed by atoms with Gasteiger partial charge < -0.3 is 0 Å². The fourth-order valence-corrected chi connectivity index (χ4v) is 1.62. The van der Waals surface area contributed by atoms with Gasteiger partial charge in [-0.1, -0.05) is 29.8 Å². The predicted molar refractivity (Wildman–Crippen MR) is 62.8 cm³/mol. The van der Waals surface area contributed by atoms with Crippen molar-refractivity contribution in [1.29, 1.82) is 5.26 Å². The summed E-state index contributed by atoms with van der Waals surface area (Å²) in [6, 6.07) is 10.4. The Balaban J connectivity index is 2.48. The zero-order chi connectivity index (χ0) is 11.3. The molecule has 0 aromatic heterocycles. The molecule has 80 valence electrons. The van der Waals surface area contributed by atoms with Crippen LogP contribution < -0.4 is 0 Å². The third kappa shape index (κ3) is 4.33. The first kappa shape index (κ1) is 12.0. The van der Waals surface area contributed by atoms with Crippen LogP contribution in [0.5, 0.6) is 0 Å². The molecule has 1 unspecified atom stereocenters. The summed E-state index contributed by atoms with van der Waals surface area (Å²) in [5, 5.41) is 8.15. The molecule has 0 N–H and O–H groups in total. The Labute approximate surface area is 96.1 Å². The van der Waals surface area contributed by atoms with E-state index in [-0.39, 0.29) is 0 Å². The van der Waals surface area contributed by atoms with Gasteiger partial charge in [0.1, 0.15) is 5.38 Å². The summed E-state index contributed by atoms with van der Waals surface area (Å²) < 4.78 is 0. The molecule has 0 fully saturated rings. The summed E-state index contributed by atoms with van der Waals surface area (Å²) in [4.78, 5) is 2.05. The summed E-state index contributed by atoms with van der Waals surface area (Å²) in [6.07, 6.45) is 0. The van der Waals surface area contributed by atoms with E-state index in [0.29, 0.717) is 6.54 Å². The van der Waals surface area contributed by atoms with Crippen molar-refractivity contribution in [2.75, 3.05) is 13.6 Å². The van der Waals surface area contributed by atoms with Crippen LogP contribution in [0.1, 0.15) is 11.1 Å². The quantitative estimate of drug-likeness (QED) is 0.733. The first-order valence-electron chi connectivity index (χ1n) is 4.89. The molecule has 0 bridgehead atoms. The summed E-state index contributed by atoms with van der Waals surface area (Å²) in [5.41, 5.74) is 2.50. The number of hydrogen-bond acceptors (Lipinski definition) is 2. The molecule has 0 amide bonds. The fourth-order valence-electron chi connectivity index (χ4n) is 1.38. The van der Waals surface area contributed by atoms with E-state index in [1.165, 1.54) is 11.1 Å². The van der Waals surface area contributed by atoms with E-state index < -0.39 is 5.38 Å². The van der Waals surface area contributed by atoms with E-state index >= 15 is 0 Å². The SMILES string of the molecule is Cc1ccc(CN(C)CC(Cl)C#N)cc1. The first-order chi connectivity index (χ1) is 7.11. The zero-order valence-electron chi connectivity index (χ0n) is 9.07. The first-order valence-corrected chi connectivity index (χ1v) is 5.33.